The second kappa shape index (κ2) is 5.51. The zero-order chi connectivity index (χ0) is 11.3. The first-order valence-corrected chi connectivity index (χ1v) is 4.83. The number of esters is 1. The Balaban J connectivity index is 2.93. The Labute approximate surface area is 93.0 Å². The number of methoxy groups -OCH3 is 1. The molecule has 0 aliphatic rings. The lowest BCUT2D eigenvalue weighted by molar-refractivity contribution is -0.143. The number of hydrogen-bond acceptors (Lipinski definition) is 3. The average Bonchev–Trinajstić information content (AvgIpc) is 2.26. The molecule has 0 radical (unpaired) electrons. The van der Waals surface area contributed by atoms with Gasteiger partial charge in [0.2, 0.25) is 0 Å². The number of carbonyl (C=O) groups excluding carboxylic acids is 2. The summed E-state index contributed by atoms with van der Waals surface area (Å²) in [5, 5.41) is 0.591. The quantitative estimate of drug-likeness (QED) is 0.584. The Morgan fingerprint density at radius 1 is 1.47 bits per heavy atom. The third-order valence-electron chi connectivity index (χ3n) is 2.09. The SMILES string of the molecule is COC(=O)C(CC=O)c1ccc(Cl)cc1. The van der Waals surface area contributed by atoms with Crippen LogP contribution in [0.25, 0.3) is 0 Å². The predicted molar refractivity (Wildman–Crippen MR) is 56.9 cm³/mol. The normalized spacial score (nSPS) is 11.9. The molecule has 0 heterocycles. The maximum Gasteiger partial charge on any atom is 0.313 e. The lowest BCUT2D eigenvalue weighted by Crippen LogP contribution is -2.14. The van der Waals surface area contributed by atoms with E-state index in [1.165, 1.54) is 7.11 Å². The summed E-state index contributed by atoms with van der Waals surface area (Å²) in [5.41, 5.74) is 0.735. The van der Waals surface area contributed by atoms with Crippen molar-refractivity contribution in [2.75, 3.05) is 7.11 Å². The Morgan fingerprint density at radius 2 is 2.07 bits per heavy atom. The fourth-order valence-electron chi connectivity index (χ4n) is 1.30. The molecule has 0 fully saturated rings. The van der Waals surface area contributed by atoms with E-state index in [9.17, 15) is 9.59 Å². The van der Waals surface area contributed by atoms with E-state index in [4.69, 9.17) is 11.6 Å². The number of ether oxygens (including phenoxy) is 1. The highest BCUT2D eigenvalue weighted by molar-refractivity contribution is 6.30. The number of rotatable bonds is 4. The first-order chi connectivity index (χ1) is 7.19. The molecule has 15 heavy (non-hydrogen) atoms. The van der Waals surface area contributed by atoms with Crippen molar-refractivity contribution >= 4 is 23.9 Å². The minimum Gasteiger partial charge on any atom is -0.469 e. The van der Waals surface area contributed by atoms with Gasteiger partial charge in [-0.15, -0.1) is 0 Å². The van der Waals surface area contributed by atoms with E-state index in [-0.39, 0.29) is 6.42 Å². The third kappa shape index (κ3) is 3.06. The van der Waals surface area contributed by atoms with Crippen LogP contribution in [0.1, 0.15) is 17.9 Å². The molecule has 0 aromatic heterocycles. The summed E-state index contributed by atoms with van der Waals surface area (Å²) in [6.07, 6.45) is 0.824. The Kier molecular flexibility index (Phi) is 4.31. The molecule has 0 saturated heterocycles. The maximum atomic E-state index is 11.4. The topological polar surface area (TPSA) is 43.4 Å². The van der Waals surface area contributed by atoms with E-state index < -0.39 is 11.9 Å². The largest absolute Gasteiger partial charge is 0.469 e. The summed E-state index contributed by atoms with van der Waals surface area (Å²) in [7, 11) is 1.30. The van der Waals surface area contributed by atoms with Crippen LogP contribution in [0.15, 0.2) is 24.3 Å². The van der Waals surface area contributed by atoms with Crippen LogP contribution in [-0.2, 0) is 14.3 Å². The summed E-state index contributed by atoms with van der Waals surface area (Å²) in [5.74, 6) is -0.950. The van der Waals surface area contributed by atoms with E-state index in [0.717, 1.165) is 5.56 Å². The van der Waals surface area contributed by atoms with Crippen molar-refractivity contribution < 1.29 is 14.3 Å². The third-order valence-corrected chi connectivity index (χ3v) is 2.34. The van der Waals surface area contributed by atoms with E-state index in [2.05, 4.69) is 4.74 Å². The van der Waals surface area contributed by atoms with Gasteiger partial charge in [0.15, 0.2) is 0 Å². The van der Waals surface area contributed by atoms with E-state index >= 15 is 0 Å². The van der Waals surface area contributed by atoms with Gasteiger partial charge in [-0.25, -0.2) is 0 Å². The van der Waals surface area contributed by atoms with Crippen LogP contribution in [0.2, 0.25) is 5.02 Å². The first kappa shape index (κ1) is 11.7. The van der Waals surface area contributed by atoms with Crippen molar-refractivity contribution in [1.29, 1.82) is 0 Å². The molecule has 1 atom stereocenters. The van der Waals surface area contributed by atoms with Crippen LogP contribution < -0.4 is 0 Å². The van der Waals surface area contributed by atoms with Crippen molar-refractivity contribution in [3.63, 3.8) is 0 Å². The molecule has 0 bridgehead atoms. The zero-order valence-corrected chi connectivity index (χ0v) is 9.03. The van der Waals surface area contributed by atoms with Crippen molar-refractivity contribution in [3.05, 3.63) is 34.9 Å². The van der Waals surface area contributed by atoms with Crippen LogP contribution in [-0.4, -0.2) is 19.4 Å². The van der Waals surface area contributed by atoms with Crippen LogP contribution in [0.3, 0.4) is 0 Å². The smallest absolute Gasteiger partial charge is 0.313 e. The summed E-state index contributed by atoms with van der Waals surface area (Å²) in [4.78, 5) is 21.8. The zero-order valence-electron chi connectivity index (χ0n) is 8.27. The van der Waals surface area contributed by atoms with Crippen LogP contribution in [0.5, 0.6) is 0 Å². The van der Waals surface area contributed by atoms with Gasteiger partial charge in [0, 0.05) is 11.4 Å². The van der Waals surface area contributed by atoms with E-state index in [0.29, 0.717) is 11.3 Å². The van der Waals surface area contributed by atoms with Crippen molar-refractivity contribution in [3.8, 4) is 0 Å². The van der Waals surface area contributed by atoms with E-state index in [1.807, 2.05) is 0 Å². The highest BCUT2D eigenvalue weighted by Crippen LogP contribution is 2.22. The molecule has 1 rings (SSSR count). The summed E-state index contributed by atoms with van der Waals surface area (Å²) < 4.78 is 4.62. The fraction of sp³-hybridized carbons (Fsp3) is 0.273. The second-order valence-corrected chi connectivity index (χ2v) is 3.47. The Bertz CT molecular complexity index is 345. The second-order valence-electron chi connectivity index (χ2n) is 3.03. The highest BCUT2D eigenvalue weighted by Gasteiger charge is 2.20. The average molecular weight is 227 g/mol. The molecule has 0 saturated carbocycles. The maximum absolute atomic E-state index is 11.4. The van der Waals surface area contributed by atoms with Crippen LogP contribution in [0, 0.1) is 0 Å². The minimum absolute atomic E-state index is 0.119. The van der Waals surface area contributed by atoms with Crippen molar-refractivity contribution in [2.24, 2.45) is 0 Å². The van der Waals surface area contributed by atoms with Crippen LogP contribution >= 0.6 is 11.6 Å². The first-order valence-electron chi connectivity index (χ1n) is 4.46. The summed E-state index contributed by atoms with van der Waals surface area (Å²) in [6, 6.07) is 6.79. The van der Waals surface area contributed by atoms with Gasteiger partial charge in [0.25, 0.3) is 0 Å². The molecular weight excluding hydrogens is 216 g/mol. The lowest BCUT2D eigenvalue weighted by atomic mass is 9.96. The Hall–Kier alpha value is -1.35. The standard InChI is InChI=1S/C11H11ClO3/c1-15-11(14)10(6-7-13)8-2-4-9(12)5-3-8/h2-5,7,10H,6H2,1H3. The molecule has 0 amide bonds. The summed E-state index contributed by atoms with van der Waals surface area (Å²) >= 11 is 5.72. The lowest BCUT2D eigenvalue weighted by Gasteiger charge is -2.11. The molecule has 0 aliphatic heterocycles. The van der Waals surface area contributed by atoms with Gasteiger partial charge in [-0.05, 0) is 17.7 Å². The molecule has 1 aromatic rings. The number of benzene rings is 1. The van der Waals surface area contributed by atoms with Gasteiger partial charge in [-0.2, -0.15) is 0 Å². The van der Waals surface area contributed by atoms with Crippen molar-refractivity contribution in [1.82, 2.24) is 0 Å². The van der Waals surface area contributed by atoms with Gasteiger partial charge in [-0.1, -0.05) is 23.7 Å². The van der Waals surface area contributed by atoms with Gasteiger partial charge in [-0.3, -0.25) is 4.79 Å². The number of halogens is 1. The molecule has 4 heteroatoms. The number of carbonyl (C=O) groups is 2. The number of aldehydes is 1. The molecule has 1 aromatic carbocycles. The fourth-order valence-corrected chi connectivity index (χ4v) is 1.43. The van der Waals surface area contributed by atoms with E-state index in [1.54, 1.807) is 24.3 Å². The monoisotopic (exact) mass is 226 g/mol. The minimum atomic E-state index is -0.537. The van der Waals surface area contributed by atoms with Gasteiger partial charge < -0.3 is 9.53 Å². The number of hydrogen-bond donors (Lipinski definition) is 0. The molecular formula is C11H11ClO3. The molecule has 0 aliphatic carbocycles. The van der Waals surface area contributed by atoms with Crippen LogP contribution in [0.4, 0.5) is 0 Å². The molecule has 80 valence electrons. The molecule has 3 nitrogen and oxygen atoms in total. The Morgan fingerprint density at radius 3 is 2.53 bits per heavy atom. The van der Waals surface area contributed by atoms with Crippen molar-refractivity contribution in [2.45, 2.75) is 12.3 Å². The molecule has 0 spiro atoms. The highest BCUT2D eigenvalue weighted by atomic mass is 35.5. The van der Waals surface area contributed by atoms with Gasteiger partial charge in [0.1, 0.15) is 6.29 Å². The predicted octanol–water partition coefficient (Wildman–Crippen LogP) is 2.19. The molecule has 1 unspecified atom stereocenters. The molecule has 0 N–H and O–H groups in total. The van der Waals surface area contributed by atoms with Gasteiger partial charge >= 0.3 is 5.97 Å². The summed E-state index contributed by atoms with van der Waals surface area (Å²) in [6.45, 7) is 0. The van der Waals surface area contributed by atoms with Gasteiger partial charge in [0.05, 0.1) is 13.0 Å².